The van der Waals surface area contributed by atoms with Crippen LogP contribution in [-0.2, 0) is 6.54 Å². The third-order valence-corrected chi connectivity index (χ3v) is 7.09. The summed E-state index contributed by atoms with van der Waals surface area (Å²) < 4.78 is 5.67. The topological polar surface area (TPSA) is 33.3 Å². The molecule has 0 amide bonds. The second-order valence-electron chi connectivity index (χ2n) is 9.34. The second kappa shape index (κ2) is 11.5. The molecule has 0 spiro atoms. The van der Waals surface area contributed by atoms with Gasteiger partial charge in [-0.1, -0.05) is 91.7 Å². The third kappa shape index (κ3) is 5.66. The van der Waals surface area contributed by atoms with Gasteiger partial charge in [0.05, 0.1) is 7.11 Å². The zero-order chi connectivity index (χ0) is 23.0. The molecule has 0 aliphatic carbocycles. The first-order valence-corrected chi connectivity index (χ1v) is 12.4. The standard InChI is InChI=1S/C30H38N2O/c1-4-11-25-18-19-31-30(29(25)32-21-26-20-22(2)16-17-27(26)33-3)28(23-12-7-5-8-13-23)24-14-9-6-10-15-24/h5-10,12-17,20,25,28-32H,4,11,18-19,21H2,1-3H3. The van der Waals surface area contributed by atoms with E-state index in [1.807, 2.05) is 0 Å². The molecule has 1 aliphatic heterocycles. The first-order chi connectivity index (χ1) is 16.2. The van der Waals surface area contributed by atoms with Crippen molar-refractivity contribution in [2.75, 3.05) is 13.7 Å². The van der Waals surface area contributed by atoms with Crippen molar-refractivity contribution >= 4 is 0 Å². The zero-order valence-corrected chi connectivity index (χ0v) is 20.3. The first kappa shape index (κ1) is 23.5. The lowest BCUT2D eigenvalue weighted by Crippen LogP contribution is -2.58. The molecule has 3 aromatic rings. The Hall–Kier alpha value is -2.62. The molecule has 3 atom stereocenters. The molecule has 3 unspecified atom stereocenters. The minimum atomic E-state index is 0.295. The zero-order valence-electron chi connectivity index (χ0n) is 20.3. The number of hydrogen-bond donors (Lipinski definition) is 2. The number of aryl methyl sites for hydroxylation is 1. The smallest absolute Gasteiger partial charge is 0.123 e. The molecule has 3 heteroatoms. The number of ether oxygens (including phenoxy) is 1. The van der Waals surface area contributed by atoms with E-state index in [1.165, 1.54) is 41.5 Å². The Labute approximate surface area is 199 Å². The fourth-order valence-corrected chi connectivity index (χ4v) is 5.55. The summed E-state index contributed by atoms with van der Waals surface area (Å²) in [5, 5.41) is 7.94. The summed E-state index contributed by atoms with van der Waals surface area (Å²) in [7, 11) is 1.76. The van der Waals surface area contributed by atoms with Crippen molar-refractivity contribution in [3.05, 3.63) is 101 Å². The molecule has 3 nitrogen and oxygen atoms in total. The summed E-state index contributed by atoms with van der Waals surface area (Å²) >= 11 is 0. The van der Waals surface area contributed by atoms with Crippen LogP contribution in [0.5, 0.6) is 5.75 Å². The lowest BCUT2D eigenvalue weighted by Gasteiger charge is -2.44. The van der Waals surface area contributed by atoms with E-state index in [-0.39, 0.29) is 0 Å². The highest BCUT2D eigenvalue weighted by Crippen LogP contribution is 2.35. The van der Waals surface area contributed by atoms with Crippen LogP contribution < -0.4 is 15.4 Å². The third-order valence-electron chi connectivity index (χ3n) is 7.09. The number of hydrogen-bond acceptors (Lipinski definition) is 3. The van der Waals surface area contributed by atoms with Gasteiger partial charge in [0.15, 0.2) is 0 Å². The summed E-state index contributed by atoms with van der Waals surface area (Å²) in [6.45, 7) is 6.33. The molecule has 1 saturated heterocycles. The van der Waals surface area contributed by atoms with Crippen molar-refractivity contribution in [1.82, 2.24) is 10.6 Å². The van der Waals surface area contributed by atoms with Gasteiger partial charge >= 0.3 is 0 Å². The second-order valence-corrected chi connectivity index (χ2v) is 9.34. The van der Waals surface area contributed by atoms with Crippen LogP contribution in [0.2, 0.25) is 0 Å². The van der Waals surface area contributed by atoms with E-state index in [1.54, 1.807) is 7.11 Å². The van der Waals surface area contributed by atoms with Crippen LogP contribution in [0.3, 0.4) is 0 Å². The van der Waals surface area contributed by atoms with Gasteiger partial charge in [-0.25, -0.2) is 0 Å². The van der Waals surface area contributed by atoms with Gasteiger partial charge in [-0.05, 0) is 49.4 Å². The maximum atomic E-state index is 5.67. The van der Waals surface area contributed by atoms with E-state index in [9.17, 15) is 0 Å². The lowest BCUT2D eigenvalue weighted by atomic mass is 9.74. The quantitative estimate of drug-likeness (QED) is 0.422. The van der Waals surface area contributed by atoms with E-state index >= 15 is 0 Å². The van der Waals surface area contributed by atoms with Gasteiger partial charge in [-0.15, -0.1) is 0 Å². The van der Waals surface area contributed by atoms with Gasteiger partial charge in [-0.2, -0.15) is 0 Å². The largest absolute Gasteiger partial charge is 0.496 e. The Kier molecular flexibility index (Phi) is 8.20. The van der Waals surface area contributed by atoms with Crippen LogP contribution in [0.1, 0.15) is 54.4 Å². The molecule has 33 heavy (non-hydrogen) atoms. The highest BCUT2D eigenvalue weighted by Gasteiger charge is 2.38. The fraction of sp³-hybridized carbons (Fsp3) is 0.400. The fourth-order valence-electron chi connectivity index (χ4n) is 5.55. The van der Waals surface area contributed by atoms with Crippen LogP contribution >= 0.6 is 0 Å². The number of benzene rings is 3. The van der Waals surface area contributed by atoms with E-state index in [2.05, 4.69) is 103 Å². The summed E-state index contributed by atoms with van der Waals surface area (Å²) in [6.07, 6.45) is 3.67. The van der Waals surface area contributed by atoms with Gasteiger partial charge in [-0.3, -0.25) is 0 Å². The first-order valence-electron chi connectivity index (χ1n) is 12.4. The summed E-state index contributed by atoms with van der Waals surface area (Å²) in [5.74, 6) is 1.90. The van der Waals surface area contributed by atoms with E-state index < -0.39 is 0 Å². The molecule has 0 radical (unpaired) electrons. The molecule has 174 valence electrons. The van der Waals surface area contributed by atoms with Gasteiger partial charge in [0.2, 0.25) is 0 Å². The Balaban J connectivity index is 1.68. The molecular weight excluding hydrogens is 404 g/mol. The number of piperidine rings is 1. The Morgan fingerprint density at radius 2 is 1.64 bits per heavy atom. The summed E-state index contributed by atoms with van der Waals surface area (Å²) in [6, 6.07) is 29.1. The minimum absolute atomic E-state index is 0.295. The molecular formula is C30H38N2O. The van der Waals surface area contributed by atoms with Crippen LogP contribution in [0.4, 0.5) is 0 Å². The number of methoxy groups -OCH3 is 1. The van der Waals surface area contributed by atoms with E-state index in [0.29, 0.717) is 23.9 Å². The Morgan fingerprint density at radius 1 is 0.970 bits per heavy atom. The Morgan fingerprint density at radius 3 is 2.24 bits per heavy atom. The van der Waals surface area contributed by atoms with Crippen LogP contribution in [0.15, 0.2) is 78.9 Å². The summed E-state index contributed by atoms with van der Waals surface area (Å²) in [4.78, 5) is 0. The van der Waals surface area contributed by atoms with Crippen molar-refractivity contribution < 1.29 is 4.74 Å². The number of nitrogens with one attached hydrogen (secondary N) is 2. The van der Waals surface area contributed by atoms with Crippen molar-refractivity contribution in [2.24, 2.45) is 5.92 Å². The molecule has 2 N–H and O–H groups in total. The maximum absolute atomic E-state index is 5.67. The average molecular weight is 443 g/mol. The SMILES string of the molecule is CCCC1CCNC(C(c2ccccc2)c2ccccc2)C1NCc1cc(C)ccc1OC. The Bertz CT molecular complexity index is 947. The molecule has 0 saturated carbocycles. The van der Waals surface area contributed by atoms with Gasteiger partial charge in [0.25, 0.3) is 0 Å². The maximum Gasteiger partial charge on any atom is 0.123 e. The predicted octanol–water partition coefficient (Wildman–Crippen LogP) is 6.07. The minimum Gasteiger partial charge on any atom is -0.496 e. The monoisotopic (exact) mass is 442 g/mol. The molecule has 4 rings (SSSR count). The van der Waals surface area contributed by atoms with E-state index in [0.717, 1.165) is 18.8 Å². The normalized spacial score (nSPS) is 20.7. The van der Waals surface area contributed by atoms with Crippen molar-refractivity contribution in [3.8, 4) is 5.75 Å². The highest BCUT2D eigenvalue weighted by atomic mass is 16.5. The van der Waals surface area contributed by atoms with Gasteiger partial charge in [0, 0.05) is 30.1 Å². The van der Waals surface area contributed by atoms with Gasteiger partial charge in [0.1, 0.15) is 5.75 Å². The average Bonchev–Trinajstić information content (AvgIpc) is 2.85. The van der Waals surface area contributed by atoms with Gasteiger partial charge < -0.3 is 15.4 Å². The van der Waals surface area contributed by atoms with Crippen molar-refractivity contribution in [1.29, 1.82) is 0 Å². The predicted molar refractivity (Wildman–Crippen MR) is 138 cm³/mol. The van der Waals surface area contributed by atoms with Crippen molar-refractivity contribution in [3.63, 3.8) is 0 Å². The molecule has 3 aromatic carbocycles. The number of rotatable bonds is 9. The van der Waals surface area contributed by atoms with Crippen molar-refractivity contribution in [2.45, 2.75) is 57.7 Å². The van der Waals surface area contributed by atoms with Crippen LogP contribution in [0, 0.1) is 12.8 Å². The van der Waals surface area contributed by atoms with Crippen LogP contribution in [0.25, 0.3) is 0 Å². The molecule has 1 aliphatic rings. The lowest BCUT2D eigenvalue weighted by molar-refractivity contribution is 0.190. The molecule has 0 aromatic heterocycles. The highest BCUT2D eigenvalue weighted by molar-refractivity contribution is 5.38. The molecule has 1 heterocycles. The van der Waals surface area contributed by atoms with E-state index in [4.69, 9.17) is 4.74 Å². The summed E-state index contributed by atoms with van der Waals surface area (Å²) in [5.41, 5.74) is 5.24. The molecule has 1 fully saturated rings. The molecule has 0 bridgehead atoms. The van der Waals surface area contributed by atoms with Crippen LogP contribution in [-0.4, -0.2) is 25.7 Å².